The van der Waals surface area contributed by atoms with Crippen molar-refractivity contribution < 1.29 is 26.8 Å². The second-order valence-corrected chi connectivity index (χ2v) is 4.01. The van der Waals surface area contributed by atoms with Crippen molar-refractivity contribution in [2.75, 3.05) is 19.8 Å². The largest absolute Gasteiger partial charge is 0.407 e. The van der Waals surface area contributed by atoms with E-state index in [1.54, 1.807) is 20.8 Å². The summed E-state index contributed by atoms with van der Waals surface area (Å²) in [6.07, 6.45) is -2.40. The number of hydrogen-bond acceptors (Lipinski definition) is 3. The zero-order chi connectivity index (χ0) is 12.6. The summed E-state index contributed by atoms with van der Waals surface area (Å²) in [7, 11) is 0. The first-order valence-corrected chi connectivity index (χ1v) is 6.10. The van der Waals surface area contributed by atoms with Crippen LogP contribution in [-0.4, -0.2) is 25.4 Å². The van der Waals surface area contributed by atoms with E-state index in [4.69, 9.17) is 13.7 Å². The van der Waals surface area contributed by atoms with Crippen LogP contribution in [0.1, 0.15) is 20.8 Å². The Balaban J connectivity index is 4.75. The predicted molar refractivity (Wildman–Crippen MR) is 56.4 cm³/mol. The summed E-state index contributed by atoms with van der Waals surface area (Å²) < 4.78 is 52.4. The van der Waals surface area contributed by atoms with Gasteiger partial charge in [0.25, 0.3) is 11.2 Å². The highest BCUT2D eigenvalue weighted by Gasteiger charge is 2.44. The molecule has 96 valence electrons. The van der Waals surface area contributed by atoms with E-state index < -0.39 is 28.0 Å². The fraction of sp³-hybridized carbons (Fsp3) is 0.778. The van der Waals surface area contributed by atoms with Gasteiger partial charge in [-0.2, -0.15) is 13.0 Å². The standard InChI is InChI=1S/C9H16F3O3S/c1-4-13-9(14-5-2)16(15-6-3)8(12)7(10)11/h9H,4-6H2,1-3H3/q+1. The van der Waals surface area contributed by atoms with Gasteiger partial charge in [0, 0.05) is 0 Å². The summed E-state index contributed by atoms with van der Waals surface area (Å²) in [6.45, 7) is 5.45. The van der Waals surface area contributed by atoms with Gasteiger partial charge in [-0.15, -0.1) is 4.39 Å². The molecular weight excluding hydrogens is 245 g/mol. The van der Waals surface area contributed by atoms with Crippen LogP contribution in [0.3, 0.4) is 0 Å². The summed E-state index contributed by atoms with van der Waals surface area (Å²) in [5, 5.41) is -1.62. The molecular formula is C9H16F3O3S+. The molecule has 7 heteroatoms. The SMILES string of the molecule is CCOC(OCC)[S+](OCC)C(F)=C(F)F. The second kappa shape index (κ2) is 8.86. The smallest absolute Gasteiger partial charge is 0.308 e. The highest BCUT2D eigenvalue weighted by molar-refractivity contribution is 7.96. The molecule has 0 radical (unpaired) electrons. The van der Waals surface area contributed by atoms with Crippen LogP contribution in [0.15, 0.2) is 11.2 Å². The van der Waals surface area contributed by atoms with E-state index in [-0.39, 0.29) is 19.8 Å². The molecule has 0 aromatic carbocycles. The van der Waals surface area contributed by atoms with E-state index in [0.717, 1.165) is 0 Å². The molecule has 0 N–H and O–H groups in total. The molecule has 0 bridgehead atoms. The Labute approximate surface area is 96.1 Å². The van der Waals surface area contributed by atoms with Gasteiger partial charge in [-0.3, -0.25) is 0 Å². The Morgan fingerprint density at radius 3 is 1.81 bits per heavy atom. The van der Waals surface area contributed by atoms with Crippen LogP contribution in [0.5, 0.6) is 0 Å². The number of rotatable bonds is 8. The zero-order valence-electron chi connectivity index (χ0n) is 9.47. The predicted octanol–water partition coefficient (Wildman–Crippen LogP) is 2.95. The third-order valence-electron chi connectivity index (χ3n) is 1.35. The Bertz CT molecular complexity index is 216. The Morgan fingerprint density at radius 1 is 1.00 bits per heavy atom. The van der Waals surface area contributed by atoms with Crippen molar-refractivity contribution in [2.45, 2.75) is 26.4 Å². The molecule has 0 spiro atoms. The van der Waals surface area contributed by atoms with Crippen LogP contribution in [0.2, 0.25) is 0 Å². The number of hydrogen-bond donors (Lipinski definition) is 0. The molecule has 0 aliphatic rings. The molecule has 0 saturated heterocycles. The Kier molecular flexibility index (Phi) is 8.73. The first-order valence-electron chi connectivity index (χ1n) is 4.88. The van der Waals surface area contributed by atoms with Crippen LogP contribution >= 0.6 is 0 Å². The van der Waals surface area contributed by atoms with Crippen LogP contribution in [0.4, 0.5) is 13.2 Å². The minimum Gasteiger partial charge on any atom is -0.308 e. The fourth-order valence-electron chi connectivity index (χ4n) is 0.839. The third-order valence-corrected chi connectivity index (χ3v) is 2.97. The number of halogens is 3. The molecule has 0 heterocycles. The lowest BCUT2D eigenvalue weighted by Crippen LogP contribution is -2.30. The maximum Gasteiger partial charge on any atom is 0.407 e. The first kappa shape index (κ1) is 15.8. The Morgan fingerprint density at radius 2 is 1.50 bits per heavy atom. The molecule has 0 fully saturated rings. The zero-order valence-corrected chi connectivity index (χ0v) is 10.3. The molecule has 1 atom stereocenters. The lowest BCUT2D eigenvalue weighted by molar-refractivity contribution is -0.0808. The first-order chi connectivity index (χ1) is 7.58. The third kappa shape index (κ3) is 5.20. The maximum atomic E-state index is 13.1. The minimum atomic E-state index is -2.40. The van der Waals surface area contributed by atoms with E-state index in [1.165, 1.54) is 0 Å². The molecule has 0 aromatic rings. The van der Waals surface area contributed by atoms with E-state index in [1.807, 2.05) is 0 Å². The molecule has 0 aromatic heterocycles. The quantitative estimate of drug-likeness (QED) is 0.496. The highest BCUT2D eigenvalue weighted by Crippen LogP contribution is 2.26. The second-order valence-electron chi connectivity index (χ2n) is 2.44. The van der Waals surface area contributed by atoms with Gasteiger partial charge in [-0.25, -0.2) is 0 Å². The van der Waals surface area contributed by atoms with Gasteiger partial charge in [0.1, 0.15) is 6.61 Å². The topological polar surface area (TPSA) is 27.7 Å². The maximum absolute atomic E-state index is 13.1. The summed E-state index contributed by atoms with van der Waals surface area (Å²) in [5.41, 5.74) is -1.13. The average Bonchev–Trinajstić information content (AvgIpc) is 2.24. The molecule has 1 unspecified atom stereocenters. The molecule has 0 saturated carbocycles. The van der Waals surface area contributed by atoms with E-state index >= 15 is 0 Å². The van der Waals surface area contributed by atoms with E-state index in [9.17, 15) is 13.2 Å². The average molecular weight is 261 g/mol. The van der Waals surface area contributed by atoms with Gasteiger partial charge in [0.2, 0.25) is 0 Å². The molecule has 0 aliphatic carbocycles. The molecule has 0 aliphatic heterocycles. The van der Waals surface area contributed by atoms with Gasteiger partial charge < -0.3 is 9.47 Å². The van der Waals surface area contributed by atoms with Crippen molar-refractivity contribution in [1.29, 1.82) is 0 Å². The molecule has 16 heavy (non-hydrogen) atoms. The summed E-state index contributed by atoms with van der Waals surface area (Å²) in [5.74, 6) is 0. The van der Waals surface area contributed by atoms with Crippen molar-refractivity contribution in [3.05, 3.63) is 11.2 Å². The number of ether oxygens (including phenoxy) is 2. The molecule has 0 amide bonds. The normalized spacial score (nSPS) is 12.9. The van der Waals surface area contributed by atoms with E-state index in [0.29, 0.717) is 0 Å². The van der Waals surface area contributed by atoms with Gasteiger partial charge >= 0.3 is 16.9 Å². The lowest BCUT2D eigenvalue weighted by Gasteiger charge is -2.13. The minimum absolute atomic E-state index is 0.0977. The van der Waals surface area contributed by atoms with Crippen molar-refractivity contribution in [3.8, 4) is 0 Å². The lowest BCUT2D eigenvalue weighted by atomic mass is 10.9. The van der Waals surface area contributed by atoms with Crippen LogP contribution in [0, 0.1) is 0 Å². The summed E-state index contributed by atoms with van der Waals surface area (Å²) >= 11 is -1.82. The van der Waals surface area contributed by atoms with Crippen LogP contribution in [-0.2, 0) is 24.8 Å². The van der Waals surface area contributed by atoms with Crippen LogP contribution < -0.4 is 0 Å². The fourth-order valence-corrected chi connectivity index (χ4v) is 2.15. The van der Waals surface area contributed by atoms with Crippen molar-refractivity contribution >= 4 is 11.2 Å². The van der Waals surface area contributed by atoms with Gasteiger partial charge in [0.05, 0.1) is 13.2 Å². The van der Waals surface area contributed by atoms with Crippen molar-refractivity contribution in [2.24, 2.45) is 0 Å². The van der Waals surface area contributed by atoms with Crippen molar-refractivity contribution in [3.63, 3.8) is 0 Å². The molecule has 0 rings (SSSR count). The van der Waals surface area contributed by atoms with Gasteiger partial charge in [-0.05, 0) is 20.8 Å². The Hall–Kier alpha value is -0.240. The van der Waals surface area contributed by atoms with Gasteiger partial charge in [0.15, 0.2) is 0 Å². The van der Waals surface area contributed by atoms with Crippen LogP contribution in [0.25, 0.3) is 0 Å². The summed E-state index contributed by atoms with van der Waals surface area (Å²) in [4.78, 5) is 0. The van der Waals surface area contributed by atoms with Gasteiger partial charge in [-0.1, -0.05) is 0 Å². The highest BCUT2D eigenvalue weighted by atomic mass is 32.2. The monoisotopic (exact) mass is 261 g/mol. The van der Waals surface area contributed by atoms with Crippen molar-refractivity contribution in [1.82, 2.24) is 0 Å². The summed E-state index contributed by atoms with van der Waals surface area (Å²) in [6, 6.07) is 0. The molecule has 3 nitrogen and oxygen atoms in total. The van der Waals surface area contributed by atoms with E-state index in [2.05, 4.69) is 0 Å².